The van der Waals surface area contributed by atoms with E-state index in [1.165, 1.54) is 6.08 Å². The van der Waals surface area contributed by atoms with Crippen molar-refractivity contribution in [3.63, 3.8) is 0 Å². The third-order valence-corrected chi connectivity index (χ3v) is 3.56. The third kappa shape index (κ3) is 3.46. The van der Waals surface area contributed by atoms with E-state index in [0.29, 0.717) is 6.61 Å². The molecule has 1 fully saturated rings. The van der Waals surface area contributed by atoms with Crippen LogP contribution in [0.4, 0.5) is 0 Å². The number of ether oxygens (including phenoxy) is 1. The first-order valence-electron chi connectivity index (χ1n) is 6.09. The van der Waals surface area contributed by atoms with Crippen LogP contribution >= 0.6 is 15.9 Å². The van der Waals surface area contributed by atoms with E-state index < -0.39 is 17.4 Å². The SMILES string of the molecule is O=C(C=Cc1cccc(Br)c1)NC1(C(=O)O)CCOC1. The van der Waals surface area contributed by atoms with Crippen LogP contribution in [0.15, 0.2) is 34.8 Å². The zero-order valence-electron chi connectivity index (χ0n) is 10.6. The number of rotatable bonds is 4. The lowest BCUT2D eigenvalue weighted by atomic mass is 9.99. The van der Waals surface area contributed by atoms with Crippen molar-refractivity contribution in [2.45, 2.75) is 12.0 Å². The van der Waals surface area contributed by atoms with Crippen LogP contribution in [0.5, 0.6) is 0 Å². The molecule has 2 rings (SSSR count). The lowest BCUT2D eigenvalue weighted by Gasteiger charge is -2.22. The number of nitrogens with one attached hydrogen (secondary N) is 1. The molecule has 1 aromatic carbocycles. The van der Waals surface area contributed by atoms with Crippen molar-refractivity contribution in [1.82, 2.24) is 5.32 Å². The summed E-state index contributed by atoms with van der Waals surface area (Å²) in [7, 11) is 0. The Morgan fingerprint density at radius 2 is 2.25 bits per heavy atom. The number of carboxylic acid groups (broad SMARTS) is 1. The van der Waals surface area contributed by atoms with E-state index in [2.05, 4.69) is 21.2 Å². The van der Waals surface area contributed by atoms with Gasteiger partial charge in [-0.1, -0.05) is 28.1 Å². The molecule has 1 unspecified atom stereocenters. The maximum absolute atomic E-state index is 11.8. The number of aliphatic carboxylic acids is 1. The lowest BCUT2D eigenvalue weighted by molar-refractivity contribution is -0.147. The Balaban J connectivity index is 2.03. The van der Waals surface area contributed by atoms with Crippen LogP contribution < -0.4 is 5.32 Å². The minimum absolute atomic E-state index is 0.00119. The Bertz CT molecular complexity index is 550. The average molecular weight is 340 g/mol. The van der Waals surface area contributed by atoms with Crippen molar-refractivity contribution in [2.75, 3.05) is 13.2 Å². The summed E-state index contributed by atoms with van der Waals surface area (Å²) in [5.41, 5.74) is -0.458. The van der Waals surface area contributed by atoms with Crippen LogP contribution in [0.3, 0.4) is 0 Å². The molecule has 1 heterocycles. The molecule has 1 aliphatic rings. The van der Waals surface area contributed by atoms with Crippen LogP contribution in [0.2, 0.25) is 0 Å². The Kier molecular flexibility index (Phi) is 4.57. The molecule has 0 aliphatic carbocycles. The van der Waals surface area contributed by atoms with Gasteiger partial charge < -0.3 is 15.2 Å². The van der Waals surface area contributed by atoms with E-state index in [1.54, 1.807) is 6.08 Å². The zero-order chi connectivity index (χ0) is 14.6. The van der Waals surface area contributed by atoms with Gasteiger partial charge in [0.1, 0.15) is 0 Å². The minimum Gasteiger partial charge on any atom is -0.479 e. The molecule has 20 heavy (non-hydrogen) atoms. The highest BCUT2D eigenvalue weighted by atomic mass is 79.9. The van der Waals surface area contributed by atoms with Crippen molar-refractivity contribution in [2.24, 2.45) is 0 Å². The highest BCUT2D eigenvalue weighted by Crippen LogP contribution is 2.19. The van der Waals surface area contributed by atoms with Gasteiger partial charge in [-0.25, -0.2) is 4.79 Å². The summed E-state index contributed by atoms with van der Waals surface area (Å²) in [5, 5.41) is 11.7. The Morgan fingerprint density at radius 1 is 1.45 bits per heavy atom. The van der Waals surface area contributed by atoms with Crippen molar-refractivity contribution in [1.29, 1.82) is 0 Å². The quantitative estimate of drug-likeness (QED) is 0.820. The van der Waals surface area contributed by atoms with Crippen LogP contribution in [-0.2, 0) is 14.3 Å². The molecular weight excluding hydrogens is 326 g/mol. The fourth-order valence-electron chi connectivity index (χ4n) is 1.95. The predicted octanol–water partition coefficient (Wildman–Crippen LogP) is 1.82. The molecule has 1 atom stereocenters. The first-order valence-corrected chi connectivity index (χ1v) is 6.88. The molecule has 1 aliphatic heterocycles. The maximum atomic E-state index is 11.8. The van der Waals surface area contributed by atoms with Crippen LogP contribution in [0.1, 0.15) is 12.0 Å². The molecule has 2 N–H and O–H groups in total. The Labute approximate surface area is 124 Å². The number of carbonyl (C=O) groups excluding carboxylic acids is 1. The summed E-state index contributed by atoms with van der Waals surface area (Å²) in [6.07, 6.45) is 3.23. The first kappa shape index (κ1) is 14.7. The second-order valence-corrected chi connectivity index (χ2v) is 5.48. The second kappa shape index (κ2) is 6.19. The predicted molar refractivity (Wildman–Crippen MR) is 77.1 cm³/mol. The molecule has 0 spiro atoms. The van der Waals surface area contributed by atoms with Gasteiger partial charge in [0.2, 0.25) is 5.91 Å². The fraction of sp³-hybridized carbons (Fsp3) is 0.286. The van der Waals surface area contributed by atoms with Gasteiger partial charge >= 0.3 is 5.97 Å². The van der Waals surface area contributed by atoms with E-state index in [-0.39, 0.29) is 13.0 Å². The molecule has 5 nitrogen and oxygen atoms in total. The number of halogens is 1. The van der Waals surface area contributed by atoms with Crippen molar-refractivity contribution in [3.05, 3.63) is 40.4 Å². The lowest BCUT2D eigenvalue weighted by Crippen LogP contribution is -2.54. The molecule has 1 saturated heterocycles. The van der Waals surface area contributed by atoms with Gasteiger partial charge in [0, 0.05) is 23.6 Å². The average Bonchev–Trinajstić information content (AvgIpc) is 2.86. The normalized spacial score (nSPS) is 22.1. The number of hydrogen-bond donors (Lipinski definition) is 2. The van der Waals surface area contributed by atoms with E-state index in [4.69, 9.17) is 4.74 Å². The number of carboxylic acids is 1. The second-order valence-electron chi connectivity index (χ2n) is 4.57. The highest BCUT2D eigenvalue weighted by Gasteiger charge is 2.43. The topological polar surface area (TPSA) is 75.6 Å². The van der Waals surface area contributed by atoms with E-state index in [9.17, 15) is 14.7 Å². The van der Waals surface area contributed by atoms with E-state index in [1.807, 2.05) is 24.3 Å². The maximum Gasteiger partial charge on any atom is 0.331 e. The van der Waals surface area contributed by atoms with Crippen LogP contribution in [-0.4, -0.2) is 35.7 Å². The van der Waals surface area contributed by atoms with Crippen molar-refractivity contribution >= 4 is 33.9 Å². The largest absolute Gasteiger partial charge is 0.479 e. The van der Waals surface area contributed by atoms with Crippen molar-refractivity contribution in [3.8, 4) is 0 Å². The standard InChI is InChI=1S/C14H14BrNO4/c15-11-3-1-2-10(8-11)4-5-12(17)16-14(13(18)19)6-7-20-9-14/h1-5,8H,6-7,9H2,(H,16,17)(H,18,19). The monoisotopic (exact) mass is 339 g/mol. The van der Waals surface area contributed by atoms with Gasteiger partial charge in [-0.05, 0) is 23.8 Å². The summed E-state index contributed by atoms with van der Waals surface area (Å²) in [5.74, 6) is -1.52. The summed E-state index contributed by atoms with van der Waals surface area (Å²) in [6.45, 7) is 0.334. The number of carbonyl (C=O) groups is 2. The van der Waals surface area contributed by atoms with Gasteiger partial charge in [-0.3, -0.25) is 4.79 Å². The van der Waals surface area contributed by atoms with Gasteiger partial charge in [-0.15, -0.1) is 0 Å². The molecule has 0 saturated carbocycles. The number of hydrogen-bond acceptors (Lipinski definition) is 3. The van der Waals surface area contributed by atoms with Gasteiger partial charge in [-0.2, -0.15) is 0 Å². The molecule has 1 amide bonds. The van der Waals surface area contributed by atoms with Crippen molar-refractivity contribution < 1.29 is 19.4 Å². The Hall–Kier alpha value is -1.66. The minimum atomic E-state index is -1.31. The highest BCUT2D eigenvalue weighted by molar-refractivity contribution is 9.10. The molecule has 6 heteroatoms. The molecule has 106 valence electrons. The first-order chi connectivity index (χ1) is 9.52. The van der Waals surface area contributed by atoms with Crippen LogP contribution in [0.25, 0.3) is 6.08 Å². The molecule has 0 bridgehead atoms. The van der Waals surface area contributed by atoms with E-state index >= 15 is 0 Å². The smallest absolute Gasteiger partial charge is 0.331 e. The summed E-state index contributed by atoms with van der Waals surface area (Å²) in [4.78, 5) is 23.1. The summed E-state index contributed by atoms with van der Waals surface area (Å²) >= 11 is 3.34. The Morgan fingerprint density at radius 3 is 2.85 bits per heavy atom. The summed E-state index contributed by atoms with van der Waals surface area (Å²) < 4.78 is 5.98. The molecule has 0 radical (unpaired) electrons. The number of benzene rings is 1. The summed E-state index contributed by atoms with van der Waals surface area (Å²) in [6, 6.07) is 7.44. The van der Waals surface area contributed by atoms with Crippen LogP contribution in [0, 0.1) is 0 Å². The zero-order valence-corrected chi connectivity index (χ0v) is 12.2. The van der Waals surface area contributed by atoms with Gasteiger partial charge in [0.05, 0.1) is 6.61 Å². The molecule has 0 aromatic heterocycles. The molecule has 1 aromatic rings. The molecular formula is C14H14BrNO4. The third-order valence-electron chi connectivity index (χ3n) is 3.07. The number of amides is 1. The van der Waals surface area contributed by atoms with Gasteiger partial charge in [0.15, 0.2) is 5.54 Å². The fourth-order valence-corrected chi connectivity index (χ4v) is 2.36. The van der Waals surface area contributed by atoms with E-state index in [0.717, 1.165) is 10.0 Å². The van der Waals surface area contributed by atoms with Gasteiger partial charge in [0.25, 0.3) is 0 Å².